The second kappa shape index (κ2) is 5.54. The van der Waals surface area contributed by atoms with Gasteiger partial charge in [-0.15, -0.1) is 11.3 Å². The van der Waals surface area contributed by atoms with Gasteiger partial charge >= 0.3 is 0 Å². The van der Waals surface area contributed by atoms with Crippen LogP contribution in [0.5, 0.6) is 0 Å². The van der Waals surface area contributed by atoms with Gasteiger partial charge in [-0.05, 0) is 41.6 Å². The van der Waals surface area contributed by atoms with Gasteiger partial charge in [-0.25, -0.2) is 13.8 Å². The van der Waals surface area contributed by atoms with Gasteiger partial charge in [0.25, 0.3) is 0 Å². The van der Waals surface area contributed by atoms with Gasteiger partial charge in [0, 0.05) is 28.9 Å². The van der Waals surface area contributed by atoms with Gasteiger partial charge in [0.05, 0.1) is 0 Å². The molecular formula is C15H12F2N2S. The molecule has 2 heterocycles. The lowest BCUT2D eigenvalue weighted by Crippen LogP contribution is -2.06. The molecule has 0 bridgehead atoms. The minimum absolute atomic E-state index is 0.539. The van der Waals surface area contributed by atoms with Crippen LogP contribution in [0.1, 0.15) is 5.56 Å². The molecule has 20 heavy (non-hydrogen) atoms. The number of fused-ring (bicyclic) bond motifs is 1. The molecule has 0 saturated heterocycles. The number of hydrogen-bond donors (Lipinski definition) is 1. The first-order chi connectivity index (χ1) is 9.72. The van der Waals surface area contributed by atoms with Crippen molar-refractivity contribution < 1.29 is 8.78 Å². The average Bonchev–Trinajstić information content (AvgIpc) is 2.86. The first kappa shape index (κ1) is 13.0. The highest BCUT2D eigenvalue weighted by Gasteiger charge is 2.04. The van der Waals surface area contributed by atoms with E-state index in [2.05, 4.69) is 10.3 Å². The fraction of sp³-hybridized carbons (Fsp3) is 0.133. The Morgan fingerprint density at radius 1 is 1.10 bits per heavy atom. The predicted octanol–water partition coefficient (Wildman–Crippen LogP) is 4.23. The Bertz CT molecular complexity index is 719. The van der Waals surface area contributed by atoms with Crippen molar-refractivity contribution in [3.63, 3.8) is 0 Å². The lowest BCUT2D eigenvalue weighted by molar-refractivity contribution is 0.580. The average molecular weight is 290 g/mol. The highest BCUT2D eigenvalue weighted by atomic mass is 32.1. The fourth-order valence-electron chi connectivity index (χ4n) is 2.12. The molecule has 0 amide bonds. The van der Waals surface area contributed by atoms with Crippen LogP contribution in [0, 0.1) is 11.6 Å². The summed E-state index contributed by atoms with van der Waals surface area (Å²) in [6, 6.07) is 7.56. The number of thiophene rings is 1. The predicted molar refractivity (Wildman–Crippen MR) is 78.2 cm³/mol. The smallest absolute Gasteiger partial charge is 0.134 e. The van der Waals surface area contributed by atoms with Crippen LogP contribution < -0.4 is 5.32 Å². The molecule has 0 radical (unpaired) electrons. The largest absolute Gasteiger partial charge is 0.369 e. The summed E-state index contributed by atoms with van der Waals surface area (Å²) in [5, 5.41) is 6.30. The van der Waals surface area contributed by atoms with Crippen molar-refractivity contribution >= 4 is 27.2 Å². The minimum Gasteiger partial charge on any atom is -0.369 e. The Labute approximate surface area is 119 Å². The van der Waals surface area contributed by atoms with Gasteiger partial charge in [-0.1, -0.05) is 0 Å². The number of halogens is 2. The molecule has 0 unspecified atom stereocenters. The first-order valence-electron chi connectivity index (χ1n) is 6.23. The van der Waals surface area contributed by atoms with Crippen LogP contribution in [0.2, 0.25) is 0 Å². The molecule has 1 aromatic carbocycles. The highest BCUT2D eigenvalue weighted by molar-refractivity contribution is 7.17. The van der Waals surface area contributed by atoms with E-state index in [9.17, 15) is 8.78 Å². The number of nitrogens with zero attached hydrogens (tertiary/aromatic N) is 1. The van der Waals surface area contributed by atoms with E-state index in [0.717, 1.165) is 17.3 Å². The Balaban J connectivity index is 1.69. The maximum absolute atomic E-state index is 13.1. The molecule has 1 N–H and O–H groups in total. The highest BCUT2D eigenvalue weighted by Crippen LogP contribution is 2.25. The molecule has 0 aliphatic heterocycles. The zero-order valence-corrected chi connectivity index (χ0v) is 11.4. The minimum atomic E-state index is -0.543. The summed E-state index contributed by atoms with van der Waals surface area (Å²) >= 11 is 1.66. The van der Waals surface area contributed by atoms with Crippen molar-refractivity contribution in [1.29, 1.82) is 0 Å². The van der Waals surface area contributed by atoms with E-state index in [0.29, 0.717) is 18.5 Å². The summed E-state index contributed by atoms with van der Waals surface area (Å²) in [7, 11) is 0. The van der Waals surface area contributed by atoms with Crippen molar-refractivity contribution in [3.8, 4) is 0 Å². The summed E-state index contributed by atoms with van der Waals surface area (Å²) in [6.45, 7) is 0.574. The van der Waals surface area contributed by atoms with E-state index in [1.54, 1.807) is 17.5 Å². The second-order valence-electron chi connectivity index (χ2n) is 4.45. The van der Waals surface area contributed by atoms with Crippen molar-refractivity contribution in [1.82, 2.24) is 4.98 Å². The van der Waals surface area contributed by atoms with E-state index in [1.165, 1.54) is 16.8 Å². The van der Waals surface area contributed by atoms with Crippen LogP contribution in [0.15, 0.2) is 41.9 Å². The summed E-state index contributed by atoms with van der Waals surface area (Å²) in [5.41, 5.74) is 0.632. The lowest BCUT2D eigenvalue weighted by Gasteiger charge is -2.07. The van der Waals surface area contributed by atoms with Crippen molar-refractivity contribution in [2.24, 2.45) is 0 Å². The van der Waals surface area contributed by atoms with Crippen LogP contribution in [-0.4, -0.2) is 11.5 Å². The van der Waals surface area contributed by atoms with Crippen LogP contribution >= 0.6 is 11.3 Å². The lowest BCUT2D eigenvalue weighted by atomic mass is 10.1. The van der Waals surface area contributed by atoms with E-state index in [4.69, 9.17) is 0 Å². The van der Waals surface area contributed by atoms with Gasteiger partial charge < -0.3 is 5.32 Å². The number of hydrogen-bond acceptors (Lipinski definition) is 3. The van der Waals surface area contributed by atoms with E-state index in [-0.39, 0.29) is 0 Å². The molecule has 5 heteroatoms. The maximum atomic E-state index is 13.1. The molecule has 102 valence electrons. The third kappa shape index (κ3) is 2.77. The second-order valence-corrected chi connectivity index (χ2v) is 5.39. The molecule has 3 rings (SSSR count). The molecule has 0 fully saturated rings. The number of nitrogens with one attached hydrogen (secondary N) is 1. The molecule has 0 aliphatic carbocycles. The Morgan fingerprint density at radius 3 is 2.70 bits per heavy atom. The van der Waals surface area contributed by atoms with Gasteiger partial charge in [-0.2, -0.15) is 0 Å². The van der Waals surface area contributed by atoms with Gasteiger partial charge in [0.2, 0.25) is 0 Å². The third-order valence-corrected chi connectivity index (χ3v) is 3.89. The van der Waals surface area contributed by atoms with Crippen LogP contribution in [-0.2, 0) is 6.42 Å². The van der Waals surface area contributed by atoms with Crippen molar-refractivity contribution in [2.75, 3.05) is 11.9 Å². The molecule has 0 aliphatic rings. The maximum Gasteiger partial charge on any atom is 0.134 e. The SMILES string of the molecule is Fc1cc(F)cc(CCNc2nccc3sccc23)c1. The first-order valence-corrected chi connectivity index (χ1v) is 7.11. The number of rotatable bonds is 4. The fourth-order valence-corrected chi connectivity index (χ4v) is 2.90. The summed E-state index contributed by atoms with van der Waals surface area (Å²) in [5.74, 6) is -0.281. The Morgan fingerprint density at radius 2 is 1.90 bits per heavy atom. The number of anilines is 1. The van der Waals surface area contributed by atoms with Crippen molar-refractivity contribution in [2.45, 2.75) is 6.42 Å². The Kier molecular flexibility index (Phi) is 3.60. The molecule has 2 aromatic heterocycles. The zero-order chi connectivity index (χ0) is 13.9. The molecule has 2 nitrogen and oxygen atoms in total. The van der Waals surface area contributed by atoms with Gasteiger partial charge in [-0.3, -0.25) is 0 Å². The standard InChI is InChI=1S/C15H12F2N2S/c16-11-7-10(8-12(17)9-11)1-4-18-15-13-3-6-20-14(13)2-5-19-15/h2-3,5-9H,1,4H2,(H,18,19). The van der Waals surface area contributed by atoms with Crippen LogP contribution in [0.25, 0.3) is 10.1 Å². The number of pyridine rings is 1. The van der Waals surface area contributed by atoms with Crippen molar-refractivity contribution in [3.05, 3.63) is 59.1 Å². The monoisotopic (exact) mass is 290 g/mol. The van der Waals surface area contributed by atoms with E-state index < -0.39 is 11.6 Å². The quantitative estimate of drug-likeness (QED) is 0.778. The summed E-state index contributed by atoms with van der Waals surface area (Å²) < 4.78 is 27.3. The van der Waals surface area contributed by atoms with Gasteiger partial charge in [0.15, 0.2) is 0 Å². The normalized spacial score (nSPS) is 10.9. The topological polar surface area (TPSA) is 24.9 Å². The summed E-state index contributed by atoms with van der Waals surface area (Å²) in [4.78, 5) is 4.29. The number of benzene rings is 1. The van der Waals surface area contributed by atoms with Crippen LogP contribution in [0.4, 0.5) is 14.6 Å². The molecule has 0 spiro atoms. The molecule has 0 atom stereocenters. The molecule has 0 saturated carbocycles. The third-order valence-electron chi connectivity index (χ3n) is 3.01. The van der Waals surface area contributed by atoms with E-state index >= 15 is 0 Å². The van der Waals surface area contributed by atoms with E-state index in [1.807, 2.05) is 17.5 Å². The van der Waals surface area contributed by atoms with Crippen LogP contribution in [0.3, 0.4) is 0 Å². The Hall–Kier alpha value is -2.01. The number of aromatic nitrogens is 1. The molecular weight excluding hydrogens is 278 g/mol. The van der Waals surface area contributed by atoms with Gasteiger partial charge in [0.1, 0.15) is 17.5 Å². The molecule has 3 aromatic rings. The summed E-state index contributed by atoms with van der Waals surface area (Å²) in [6.07, 6.45) is 2.29. The zero-order valence-electron chi connectivity index (χ0n) is 10.6.